The summed E-state index contributed by atoms with van der Waals surface area (Å²) in [4.78, 5) is 28.4. The molecule has 1 aliphatic rings. The third-order valence-electron chi connectivity index (χ3n) is 4.85. The third kappa shape index (κ3) is 4.35. The molecule has 0 saturated carbocycles. The molecule has 2 aromatic rings. The molecule has 3 rings (SSSR count). The van der Waals surface area contributed by atoms with E-state index in [0.717, 1.165) is 13.0 Å². The molecular weight excluding hydrogens is 372 g/mol. The third-order valence-corrected chi connectivity index (χ3v) is 4.85. The fraction of sp³-hybridized carbons (Fsp3) is 0.364. The molecule has 0 bridgehead atoms. The largest absolute Gasteiger partial charge is 0.507 e. The first-order valence-corrected chi connectivity index (χ1v) is 9.78. The first-order valence-electron chi connectivity index (χ1n) is 9.78. The van der Waals surface area contributed by atoms with Crippen LogP contribution in [0.1, 0.15) is 30.7 Å². The van der Waals surface area contributed by atoms with Gasteiger partial charge in [0.1, 0.15) is 23.3 Å². The number of aliphatic hydroxyl groups excluding tert-OH is 1. The van der Waals surface area contributed by atoms with E-state index >= 15 is 0 Å². The van der Waals surface area contributed by atoms with E-state index in [1.807, 2.05) is 21.0 Å². The molecule has 1 amide bonds. The minimum atomic E-state index is -0.752. The molecule has 154 valence electrons. The van der Waals surface area contributed by atoms with Gasteiger partial charge in [0.15, 0.2) is 0 Å². The number of ketones is 1. The molecule has 7 nitrogen and oxygen atoms in total. The Hall–Kier alpha value is -3.06. The van der Waals surface area contributed by atoms with E-state index in [1.165, 1.54) is 16.1 Å². The number of benzene rings is 1. The Morgan fingerprint density at radius 3 is 2.69 bits per heavy atom. The Balaban J connectivity index is 2.03. The zero-order valence-electron chi connectivity index (χ0n) is 17.0. The Morgan fingerprint density at radius 1 is 1.24 bits per heavy atom. The summed E-state index contributed by atoms with van der Waals surface area (Å²) < 4.78 is 11.0. The highest BCUT2D eigenvalue weighted by Gasteiger charge is 2.47. The smallest absolute Gasteiger partial charge is 0.295 e. The van der Waals surface area contributed by atoms with E-state index in [4.69, 9.17) is 9.15 Å². The summed E-state index contributed by atoms with van der Waals surface area (Å²) in [5, 5.41) is 11.0. The average molecular weight is 399 g/mol. The van der Waals surface area contributed by atoms with Gasteiger partial charge in [0.2, 0.25) is 0 Å². The van der Waals surface area contributed by atoms with E-state index < -0.39 is 17.7 Å². The maximum absolute atomic E-state index is 12.9. The number of ether oxygens (including phenoxy) is 1. The molecule has 0 unspecified atom stereocenters. The monoisotopic (exact) mass is 399 g/mol. The van der Waals surface area contributed by atoms with Gasteiger partial charge in [-0.2, -0.15) is 0 Å². The summed E-state index contributed by atoms with van der Waals surface area (Å²) in [5.74, 6) is -0.532. The van der Waals surface area contributed by atoms with E-state index in [2.05, 4.69) is 0 Å². The maximum atomic E-state index is 12.9. The number of nitrogens with one attached hydrogen (secondary N) is 1. The van der Waals surface area contributed by atoms with Crippen molar-refractivity contribution in [2.45, 2.75) is 19.4 Å². The second kappa shape index (κ2) is 8.96. The summed E-state index contributed by atoms with van der Waals surface area (Å²) in [6.07, 6.45) is 2.22. The summed E-state index contributed by atoms with van der Waals surface area (Å²) >= 11 is 0. The van der Waals surface area contributed by atoms with Crippen LogP contribution < -0.4 is 9.64 Å². The minimum Gasteiger partial charge on any atom is -0.507 e. The number of furan rings is 1. The van der Waals surface area contributed by atoms with Crippen molar-refractivity contribution in [3.63, 3.8) is 0 Å². The standard InChI is InChI=1S/C22H26N2O5/c1-4-28-16-9-5-8-15(14-16)20(25)18-19(17-10-6-13-29-17)24(22(27)21(18)26)12-7-11-23(2)3/h5-6,8-10,13-14,19,25H,4,7,11-12H2,1-3H3/p+1/t19-/m0/s1. The van der Waals surface area contributed by atoms with Gasteiger partial charge in [-0.1, -0.05) is 12.1 Å². The molecule has 1 atom stereocenters. The van der Waals surface area contributed by atoms with Crippen molar-refractivity contribution in [3.8, 4) is 5.75 Å². The number of amides is 1. The number of hydrogen-bond donors (Lipinski definition) is 2. The zero-order valence-corrected chi connectivity index (χ0v) is 17.0. The van der Waals surface area contributed by atoms with Crippen LogP contribution in [0.5, 0.6) is 5.75 Å². The molecule has 0 aliphatic carbocycles. The van der Waals surface area contributed by atoms with Gasteiger partial charge in [0.25, 0.3) is 11.7 Å². The van der Waals surface area contributed by atoms with Crippen molar-refractivity contribution < 1.29 is 28.7 Å². The van der Waals surface area contributed by atoms with Gasteiger partial charge in [-0.3, -0.25) is 9.59 Å². The number of carbonyl (C=O) groups is 2. The quantitative estimate of drug-likeness (QED) is 0.401. The van der Waals surface area contributed by atoms with Crippen LogP contribution in [0.2, 0.25) is 0 Å². The highest BCUT2D eigenvalue weighted by Crippen LogP contribution is 2.39. The summed E-state index contributed by atoms with van der Waals surface area (Å²) in [5.41, 5.74) is 0.457. The number of carbonyl (C=O) groups excluding carboxylic acids is 2. The predicted molar refractivity (Wildman–Crippen MR) is 108 cm³/mol. The zero-order chi connectivity index (χ0) is 21.0. The summed E-state index contributed by atoms with van der Waals surface area (Å²) in [6.45, 7) is 3.60. The highest BCUT2D eigenvalue weighted by molar-refractivity contribution is 6.46. The lowest BCUT2D eigenvalue weighted by Gasteiger charge is -2.23. The maximum Gasteiger partial charge on any atom is 0.295 e. The summed E-state index contributed by atoms with van der Waals surface area (Å²) in [6, 6.07) is 9.50. The molecule has 7 heteroatoms. The van der Waals surface area contributed by atoms with Crippen molar-refractivity contribution in [2.24, 2.45) is 0 Å². The Bertz CT molecular complexity index is 902. The van der Waals surface area contributed by atoms with E-state index in [0.29, 0.717) is 30.2 Å². The Kier molecular flexibility index (Phi) is 6.39. The first-order chi connectivity index (χ1) is 13.9. The van der Waals surface area contributed by atoms with Crippen LogP contribution in [-0.4, -0.2) is 55.5 Å². The van der Waals surface area contributed by atoms with Crippen molar-refractivity contribution >= 4 is 17.4 Å². The van der Waals surface area contributed by atoms with Crippen LogP contribution in [0.25, 0.3) is 5.76 Å². The topological polar surface area (TPSA) is 84.4 Å². The predicted octanol–water partition coefficient (Wildman–Crippen LogP) is 1.63. The molecule has 1 aromatic heterocycles. The fourth-order valence-corrected chi connectivity index (χ4v) is 3.51. The van der Waals surface area contributed by atoms with Crippen molar-refractivity contribution in [1.29, 1.82) is 0 Å². The molecular formula is C22H27N2O5+. The van der Waals surface area contributed by atoms with Gasteiger partial charge in [-0.15, -0.1) is 0 Å². The van der Waals surface area contributed by atoms with Crippen LogP contribution in [0, 0.1) is 0 Å². The van der Waals surface area contributed by atoms with Crippen LogP contribution in [0.3, 0.4) is 0 Å². The number of hydrogen-bond acceptors (Lipinski definition) is 5. The van der Waals surface area contributed by atoms with Crippen molar-refractivity contribution in [2.75, 3.05) is 33.8 Å². The lowest BCUT2D eigenvalue weighted by atomic mass is 9.99. The molecule has 29 heavy (non-hydrogen) atoms. The second-order valence-corrected chi connectivity index (χ2v) is 7.28. The van der Waals surface area contributed by atoms with Crippen molar-refractivity contribution in [3.05, 3.63) is 59.6 Å². The number of rotatable bonds is 8. The summed E-state index contributed by atoms with van der Waals surface area (Å²) in [7, 11) is 4.06. The fourth-order valence-electron chi connectivity index (χ4n) is 3.51. The molecule has 2 heterocycles. The Labute approximate surface area is 170 Å². The molecule has 0 spiro atoms. The van der Waals surface area contributed by atoms with Crippen LogP contribution in [-0.2, 0) is 9.59 Å². The van der Waals surface area contributed by atoms with Gasteiger partial charge in [0.05, 0.1) is 39.1 Å². The number of aliphatic hydroxyl groups is 1. The van der Waals surface area contributed by atoms with Crippen molar-refractivity contribution in [1.82, 2.24) is 4.90 Å². The molecule has 2 N–H and O–H groups in total. The molecule has 1 saturated heterocycles. The number of likely N-dealkylation sites (tertiary alicyclic amines) is 1. The second-order valence-electron chi connectivity index (χ2n) is 7.28. The van der Waals surface area contributed by atoms with Crippen LogP contribution in [0.4, 0.5) is 0 Å². The van der Waals surface area contributed by atoms with Crippen LogP contribution >= 0.6 is 0 Å². The van der Waals surface area contributed by atoms with Gasteiger partial charge < -0.3 is 24.1 Å². The van der Waals surface area contributed by atoms with Gasteiger partial charge in [-0.05, 0) is 31.2 Å². The van der Waals surface area contributed by atoms with E-state index in [9.17, 15) is 14.7 Å². The van der Waals surface area contributed by atoms with E-state index in [1.54, 1.807) is 36.4 Å². The molecule has 1 aromatic carbocycles. The van der Waals surface area contributed by atoms with E-state index in [-0.39, 0.29) is 11.3 Å². The molecule has 1 aliphatic heterocycles. The lowest BCUT2D eigenvalue weighted by Crippen LogP contribution is -3.05. The lowest BCUT2D eigenvalue weighted by molar-refractivity contribution is -0.858. The average Bonchev–Trinajstić information content (AvgIpc) is 3.30. The first kappa shape index (κ1) is 20.7. The number of nitrogens with zero attached hydrogens (tertiary/aromatic N) is 1. The van der Waals surface area contributed by atoms with Gasteiger partial charge in [-0.25, -0.2) is 0 Å². The highest BCUT2D eigenvalue weighted by atomic mass is 16.5. The number of quaternary nitrogens is 1. The molecule has 1 fully saturated rings. The minimum absolute atomic E-state index is 0.0378. The SMILES string of the molecule is CCOc1cccc(C(O)=C2C(=O)C(=O)N(CCC[NH+](C)C)[C@H]2c2ccco2)c1. The number of Topliss-reactive ketones (excluding diaryl/α,β-unsaturated/α-hetero) is 1. The van der Waals surface area contributed by atoms with Crippen LogP contribution in [0.15, 0.2) is 52.7 Å². The normalized spacial score (nSPS) is 18.6. The van der Waals surface area contributed by atoms with Gasteiger partial charge >= 0.3 is 0 Å². The Morgan fingerprint density at radius 2 is 2.03 bits per heavy atom. The molecule has 0 radical (unpaired) electrons. The van der Waals surface area contributed by atoms with Gasteiger partial charge in [0, 0.05) is 18.5 Å².